The van der Waals surface area contributed by atoms with Crippen LogP contribution in [0.2, 0.25) is 0 Å². The second-order valence-electron chi connectivity index (χ2n) is 6.32. The standard InChI is InChI=1S/C16H34N2O/c1-15(2)14-16(3)19-13-7-9-17-8-6-12-18-10-4-5-11-18/h15-17H,4-14H2,1-3H3. The first-order valence-electron chi connectivity index (χ1n) is 8.23. The fraction of sp³-hybridized carbons (Fsp3) is 1.00. The molecule has 0 aromatic heterocycles. The highest BCUT2D eigenvalue weighted by Gasteiger charge is 2.09. The SMILES string of the molecule is CC(C)CC(C)OCCCNCCCN1CCCC1. The van der Waals surface area contributed by atoms with Crippen molar-refractivity contribution in [2.24, 2.45) is 5.92 Å². The average Bonchev–Trinajstić information content (AvgIpc) is 2.84. The maximum Gasteiger partial charge on any atom is 0.0549 e. The largest absolute Gasteiger partial charge is 0.378 e. The Bertz CT molecular complexity index is 203. The van der Waals surface area contributed by atoms with E-state index >= 15 is 0 Å². The third kappa shape index (κ3) is 9.42. The van der Waals surface area contributed by atoms with Crippen molar-refractivity contribution in [3.63, 3.8) is 0 Å². The van der Waals surface area contributed by atoms with Gasteiger partial charge in [0.1, 0.15) is 0 Å². The zero-order chi connectivity index (χ0) is 13.9. The molecule has 114 valence electrons. The first-order valence-corrected chi connectivity index (χ1v) is 8.23. The molecule has 19 heavy (non-hydrogen) atoms. The van der Waals surface area contributed by atoms with Crippen molar-refractivity contribution in [2.45, 2.75) is 59.0 Å². The Morgan fingerprint density at radius 1 is 1.05 bits per heavy atom. The van der Waals surface area contributed by atoms with Crippen molar-refractivity contribution in [3.8, 4) is 0 Å². The van der Waals surface area contributed by atoms with Crippen LogP contribution in [-0.4, -0.2) is 50.3 Å². The molecule has 3 nitrogen and oxygen atoms in total. The summed E-state index contributed by atoms with van der Waals surface area (Å²) in [5.74, 6) is 0.735. The van der Waals surface area contributed by atoms with E-state index in [0.717, 1.165) is 32.0 Å². The van der Waals surface area contributed by atoms with Gasteiger partial charge in [-0.1, -0.05) is 13.8 Å². The second kappa shape index (κ2) is 10.6. The highest BCUT2D eigenvalue weighted by molar-refractivity contribution is 4.66. The van der Waals surface area contributed by atoms with Gasteiger partial charge in [0.2, 0.25) is 0 Å². The first-order chi connectivity index (χ1) is 9.18. The summed E-state index contributed by atoms with van der Waals surface area (Å²) < 4.78 is 5.79. The smallest absolute Gasteiger partial charge is 0.0549 e. The average molecular weight is 270 g/mol. The highest BCUT2D eigenvalue weighted by Crippen LogP contribution is 2.08. The molecule has 0 amide bonds. The van der Waals surface area contributed by atoms with Crippen LogP contribution in [0.15, 0.2) is 0 Å². The Morgan fingerprint density at radius 3 is 2.42 bits per heavy atom. The molecule has 1 N–H and O–H groups in total. The Kier molecular flexibility index (Phi) is 9.48. The van der Waals surface area contributed by atoms with E-state index in [1.807, 2.05) is 0 Å². The molecule has 0 aromatic carbocycles. The zero-order valence-corrected chi connectivity index (χ0v) is 13.3. The van der Waals surface area contributed by atoms with Gasteiger partial charge in [0, 0.05) is 6.61 Å². The molecular formula is C16H34N2O. The van der Waals surface area contributed by atoms with Gasteiger partial charge < -0.3 is 15.0 Å². The topological polar surface area (TPSA) is 24.5 Å². The number of nitrogens with zero attached hydrogens (tertiary/aromatic N) is 1. The van der Waals surface area contributed by atoms with E-state index in [4.69, 9.17) is 4.74 Å². The van der Waals surface area contributed by atoms with Gasteiger partial charge in [0.15, 0.2) is 0 Å². The molecule has 0 aliphatic carbocycles. The van der Waals surface area contributed by atoms with Gasteiger partial charge in [0.25, 0.3) is 0 Å². The number of rotatable bonds is 11. The molecule has 0 aromatic rings. The minimum Gasteiger partial charge on any atom is -0.378 e. The maximum absolute atomic E-state index is 5.79. The fourth-order valence-electron chi connectivity index (χ4n) is 2.77. The van der Waals surface area contributed by atoms with Crippen LogP contribution in [0.3, 0.4) is 0 Å². The minimum atomic E-state index is 0.412. The molecule has 1 saturated heterocycles. The number of likely N-dealkylation sites (tertiary alicyclic amines) is 1. The lowest BCUT2D eigenvalue weighted by Crippen LogP contribution is -2.25. The molecule has 0 radical (unpaired) electrons. The molecule has 0 spiro atoms. The summed E-state index contributed by atoms with van der Waals surface area (Å²) in [6, 6.07) is 0. The summed E-state index contributed by atoms with van der Waals surface area (Å²) in [4.78, 5) is 2.58. The van der Waals surface area contributed by atoms with Gasteiger partial charge in [-0.25, -0.2) is 0 Å². The summed E-state index contributed by atoms with van der Waals surface area (Å²) in [6.07, 6.45) is 6.80. The molecule has 1 fully saturated rings. The van der Waals surface area contributed by atoms with E-state index in [1.165, 1.54) is 45.3 Å². The van der Waals surface area contributed by atoms with Gasteiger partial charge in [-0.15, -0.1) is 0 Å². The second-order valence-corrected chi connectivity index (χ2v) is 6.32. The Balaban J connectivity index is 1.78. The summed E-state index contributed by atoms with van der Waals surface area (Å²) in [5, 5.41) is 3.52. The van der Waals surface area contributed by atoms with Crippen LogP contribution in [-0.2, 0) is 4.74 Å². The summed E-state index contributed by atoms with van der Waals surface area (Å²) in [5.41, 5.74) is 0. The number of hydrogen-bond acceptors (Lipinski definition) is 3. The van der Waals surface area contributed by atoms with Crippen LogP contribution in [0.25, 0.3) is 0 Å². The molecule has 1 aliphatic heterocycles. The van der Waals surface area contributed by atoms with Crippen LogP contribution in [0.4, 0.5) is 0 Å². The van der Waals surface area contributed by atoms with Gasteiger partial charge in [0.05, 0.1) is 6.10 Å². The summed E-state index contributed by atoms with van der Waals surface area (Å²) in [6.45, 7) is 13.7. The molecule has 1 unspecified atom stereocenters. The first kappa shape index (κ1) is 16.9. The van der Waals surface area contributed by atoms with E-state index < -0.39 is 0 Å². The predicted molar refractivity (Wildman–Crippen MR) is 82.6 cm³/mol. The lowest BCUT2D eigenvalue weighted by atomic mass is 10.1. The Hall–Kier alpha value is -0.120. The van der Waals surface area contributed by atoms with E-state index in [-0.39, 0.29) is 0 Å². The maximum atomic E-state index is 5.79. The molecular weight excluding hydrogens is 236 g/mol. The lowest BCUT2D eigenvalue weighted by Gasteiger charge is -2.16. The number of hydrogen-bond donors (Lipinski definition) is 1. The van der Waals surface area contributed by atoms with Crippen LogP contribution in [0.5, 0.6) is 0 Å². The van der Waals surface area contributed by atoms with Crippen LogP contribution >= 0.6 is 0 Å². The highest BCUT2D eigenvalue weighted by atomic mass is 16.5. The lowest BCUT2D eigenvalue weighted by molar-refractivity contribution is 0.0506. The Morgan fingerprint density at radius 2 is 1.74 bits per heavy atom. The molecule has 1 aliphatic rings. The van der Waals surface area contributed by atoms with Crippen LogP contribution in [0.1, 0.15) is 52.9 Å². The van der Waals surface area contributed by atoms with Gasteiger partial charge >= 0.3 is 0 Å². The normalized spacial score (nSPS) is 18.3. The van der Waals surface area contributed by atoms with E-state index in [0.29, 0.717) is 6.10 Å². The minimum absolute atomic E-state index is 0.412. The molecule has 1 rings (SSSR count). The van der Waals surface area contributed by atoms with Gasteiger partial charge in [-0.2, -0.15) is 0 Å². The van der Waals surface area contributed by atoms with Gasteiger partial charge in [-0.05, 0) is 77.7 Å². The van der Waals surface area contributed by atoms with E-state index in [9.17, 15) is 0 Å². The van der Waals surface area contributed by atoms with Crippen LogP contribution < -0.4 is 5.32 Å². The van der Waals surface area contributed by atoms with Crippen molar-refractivity contribution in [1.82, 2.24) is 10.2 Å². The molecule has 0 bridgehead atoms. The summed E-state index contributed by atoms with van der Waals surface area (Å²) in [7, 11) is 0. The molecule has 0 saturated carbocycles. The van der Waals surface area contributed by atoms with Crippen molar-refractivity contribution < 1.29 is 4.74 Å². The van der Waals surface area contributed by atoms with Crippen molar-refractivity contribution in [1.29, 1.82) is 0 Å². The summed E-state index contributed by atoms with van der Waals surface area (Å²) >= 11 is 0. The van der Waals surface area contributed by atoms with Crippen LogP contribution in [0, 0.1) is 5.92 Å². The zero-order valence-electron chi connectivity index (χ0n) is 13.3. The van der Waals surface area contributed by atoms with Crippen molar-refractivity contribution in [3.05, 3.63) is 0 Å². The third-order valence-corrected chi connectivity index (χ3v) is 3.73. The third-order valence-electron chi connectivity index (χ3n) is 3.73. The molecule has 1 heterocycles. The van der Waals surface area contributed by atoms with E-state index in [2.05, 4.69) is 31.0 Å². The fourth-order valence-corrected chi connectivity index (χ4v) is 2.77. The monoisotopic (exact) mass is 270 g/mol. The van der Waals surface area contributed by atoms with Gasteiger partial charge in [-0.3, -0.25) is 0 Å². The van der Waals surface area contributed by atoms with E-state index in [1.54, 1.807) is 0 Å². The number of ether oxygens (including phenoxy) is 1. The van der Waals surface area contributed by atoms with Crippen molar-refractivity contribution in [2.75, 3.05) is 39.3 Å². The molecule has 1 atom stereocenters. The Labute approximate surface area is 120 Å². The predicted octanol–water partition coefficient (Wildman–Crippen LogP) is 2.90. The molecule has 3 heteroatoms. The number of nitrogens with one attached hydrogen (secondary N) is 1. The quantitative estimate of drug-likeness (QED) is 0.584. The van der Waals surface area contributed by atoms with Crippen molar-refractivity contribution >= 4 is 0 Å².